The predicted octanol–water partition coefficient (Wildman–Crippen LogP) is 5.09. The van der Waals surface area contributed by atoms with Crippen molar-refractivity contribution >= 4 is 33.2 Å². The Kier molecular flexibility index (Phi) is 6.09. The van der Waals surface area contributed by atoms with Crippen LogP contribution in [0.25, 0.3) is 10.2 Å². The maximum atomic E-state index is 12.8. The van der Waals surface area contributed by atoms with E-state index in [4.69, 9.17) is 4.74 Å². The second kappa shape index (κ2) is 9.10. The standard InChI is InChI=1S/C25H22N2O3S/c1-3-27-22-20(30-4-2)11-8-12-21(22)31-25(27)26-24(29)19-15-13-18(14-16-19)23(28)17-9-6-5-7-10-17/h5-16H,3-4H2,1-2H3. The third-order valence-electron chi connectivity index (χ3n) is 4.91. The van der Waals surface area contributed by atoms with Gasteiger partial charge in [-0.2, -0.15) is 4.99 Å². The van der Waals surface area contributed by atoms with E-state index in [0.29, 0.717) is 34.6 Å². The van der Waals surface area contributed by atoms with E-state index in [9.17, 15) is 9.59 Å². The van der Waals surface area contributed by atoms with Gasteiger partial charge in [0.2, 0.25) is 0 Å². The van der Waals surface area contributed by atoms with E-state index >= 15 is 0 Å². The molecule has 31 heavy (non-hydrogen) atoms. The molecule has 0 fully saturated rings. The lowest BCUT2D eigenvalue weighted by Crippen LogP contribution is -2.16. The molecule has 1 amide bonds. The third-order valence-corrected chi connectivity index (χ3v) is 5.95. The summed E-state index contributed by atoms with van der Waals surface area (Å²) in [5.74, 6) is 0.370. The number of amides is 1. The molecule has 6 heteroatoms. The van der Waals surface area contributed by atoms with Crippen molar-refractivity contribution in [3.05, 3.63) is 94.3 Å². The first kappa shape index (κ1) is 20.8. The van der Waals surface area contributed by atoms with Gasteiger partial charge < -0.3 is 9.30 Å². The number of aromatic nitrogens is 1. The van der Waals surface area contributed by atoms with Crippen LogP contribution >= 0.6 is 11.3 Å². The Hall–Kier alpha value is -3.51. The Morgan fingerprint density at radius 1 is 0.871 bits per heavy atom. The van der Waals surface area contributed by atoms with Gasteiger partial charge in [0.05, 0.1) is 11.3 Å². The first-order valence-corrected chi connectivity index (χ1v) is 11.0. The second-order valence-electron chi connectivity index (χ2n) is 6.85. The summed E-state index contributed by atoms with van der Waals surface area (Å²) < 4.78 is 8.78. The number of thiazole rings is 1. The molecule has 0 spiro atoms. The van der Waals surface area contributed by atoms with Crippen LogP contribution in [-0.2, 0) is 6.54 Å². The number of carbonyl (C=O) groups is 2. The number of fused-ring (bicyclic) bond motifs is 1. The normalized spacial score (nSPS) is 11.6. The number of benzene rings is 3. The number of rotatable bonds is 6. The maximum Gasteiger partial charge on any atom is 0.279 e. The molecule has 0 aliphatic heterocycles. The molecule has 1 aromatic heterocycles. The molecule has 1 heterocycles. The monoisotopic (exact) mass is 430 g/mol. The Labute approximate surface area is 184 Å². The molecule has 0 saturated carbocycles. The first-order valence-electron chi connectivity index (χ1n) is 10.2. The van der Waals surface area contributed by atoms with Gasteiger partial charge >= 0.3 is 0 Å². The summed E-state index contributed by atoms with van der Waals surface area (Å²) in [6, 6.07) is 21.6. The van der Waals surface area contributed by atoms with Gasteiger partial charge in [-0.3, -0.25) is 9.59 Å². The third kappa shape index (κ3) is 4.20. The minimum atomic E-state index is -0.342. The zero-order chi connectivity index (χ0) is 21.8. The highest BCUT2D eigenvalue weighted by Crippen LogP contribution is 2.27. The lowest BCUT2D eigenvalue weighted by Gasteiger charge is -2.07. The highest BCUT2D eigenvalue weighted by Gasteiger charge is 2.13. The van der Waals surface area contributed by atoms with Crippen LogP contribution in [0, 0.1) is 0 Å². The quantitative estimate of drug-likeness (QED) is 0.400. The van der Waals surface area contributed by atoms with Crippen LogP contribution in [0.5, 0.6) is 5.75 Å². The zero-order valence-electron chi connectivity index (χ0n) is 17.4. The van der Waals surface area contributed by atoms with Crippen LogP contribution in [0.3, 0.4) is 0 Å². The van der Waals surface area contributed by atoms with Crippen LogP contribution in [0.4, 0.5) is 0 Å². The number of para-hydroxylation sites is 1. The molecule has 5 nitrogen and oxygen atoms in total. The Balaban J connectivity index is 1.67. The van der Waals surface area contributed by atoms with Gasteiger partial charge in [0.25, 0.3) is 5.91 Å². The number of nitrogens with zero attached hydrogens (tertiary/aromatic N) is 2. The van der Waals surface area contributed by atoms with Gasteiger partial charge in [-0.25, -0.2) is 0 Å². The Bertz CT molecular complexity index is 1300. The van der Waals surface area contributed by atoms with E-state index in [2.05, 4.69) is 4.99 Å². The lowest BCUT2D eigenvalue weighted by atomic mass is 10.0. The number of aryl methyl sites for hydroxylation is 1. The molecule has 4 aromatic rings. The molecule has 0 bridgehead atoms. The molecule has 0 N–H and O–H groups in total. The van der Waals surface area contributed by atoms with E-state index in [1.54, 1.807) is 36.4 Å². The van der Waals surface area contributed by atoms with E-state index in [0.717, 1.165) is 16.0 Å². The molecule has 3 aromatic carbocycles. The van der Waals surface area contributed by atoms with Crippen molar-refractivity contribution in [1.82, 2.24) is 4.57 Å². The molecule has 4 rings (SSSR count). The summed E-state index contributed by atoms with van der Waals surface area (Å²) in [6.07, 6.45) is 0. The van der Waals surface area contributed by atoms with E-state index in [1.165, 1.54) is 11.3 Å². The van der Waals surface area contributed by atoms with Crippen LogP contribution < -0.4 is 9.54 Å². The molecule has 0 saturated heterocycles. The number of ether oxygens (including phenoxy) is 1. The molecular formula is C25H22N2O3S. The van der Waals surface area contributed by atoms with E-state index in [-0.39, 0.29) is 11.7 Å². The first-order chi connectivity index (χ1) is 15.1. The van der Waals surface area contributed by atoms with E-state index < -0.39 is 0 Å². The van der Waals surface area contributed by atoms with Gasteiger partial charge in [0.1, 0.15) is 11.3 Å². The van der Waals surface area contributed by atoms with Crippen molar-refractivity contribution in [2.75, 3.05) is 6.61 Å². The number of hydrogen-bond donors (Lipinski definition) is 0. The Morgan fingerprint density at radius 3 is 2.23 bits per heavy atom. The van der Waals surface area contributed by atoms with Crippen molar-refractivity contribution < 1.29 is 14.3 Å². The van der Waals surface area contributed by atoms with Crippen LogP contribution in [0.15, 0.2) is 77.8 Å². The number of carbonyl (C=O) groups excluding carboxylic acids is 2. The molecule has 156 valence electrons. The van der Waals surface area contributed by atoms with Crippen molar-refractivity contribution in [3.63, 3.8) is 0 Å². The highest BCUT2D eigenvalue weighted by molar-refractivity contribution is 7.16. The highest BCUT2D eigenvalue weighted by atomic mass is 32.1. The lowest BCUT2D eigenvalue weighted by molar-refractivity contribution is 0.0994. The van der Waals surface area contributed by atoms with Gasteiger partial charge in [-0.05, 0) is 38.1 Å². The van der Waals surface area contributed by atoms with Gasteiger partial charge in [-0.1, -0.05) is 59.9 Å². The molecule has 0 radical (unpaired) electrons. The molecular weight excluding hydrogens is 408 g/mol. The van der Waals surface area contributed by atoms with Gasteiger partial charge in [0, 0.05) is 23.2 Å². The van der Waals surface area contributed by atoms with Crippen LogP contribution in [0.1, 0.15) is 40.1 Å². The molecule has 0 unspecified atom stereocenters. The van der Waals surface area contributed by atoms with Crippen LogP contribution in [0.2, 0.25) is 0 Å². The minimum Gasteiger partial charge on any atom is -0.492 e. The smallest absolute Gasteiger partial charge is 0.279 e. The largest absolute Gasteiger partial charge is 0.492 e. The van der Waals surface area contributed by atoms with Gasteiger partial charge in [0.15, 0.2) is 10.6 Å². The summed E-state index contributed by atoms with van der Waals surface area (Å²) in [4.78, 5) is 30.4. The fourth-order valence-electron chi connectivity index (χ4n) is 3.42. The van der Waals surface area contributed by atoms with Crippen LogP contribution in [-0.4, -0.2) is 22.9 Å². The summed E-state index contributed by atoms with van der Waals surface area (Å²) in [5, 5.41) is 0. The van der Waals surface area contributed by atoms with E-state index in [1.807, 2.05) is 54.8 Å². The van der Waals surface area contributed by atoms with Crippen molar-refractivity contribution in [2.45, 2.75) is 20.4 Å². The molecule has 0 aliphatic carbocycles. The minimum absolute atomic E-state index is 0.0756. The average molecular weight is 431 g/mol. The topological polar surface area (TPSA) is 60.7 Å². The number of ketones is 1. The fraction of sp³-hybridized carbons (Fsp3) is 0.160. The summed E-state index contributed by atoms with van der Waals surface area (Å²) in [6.45, 7) is 5.20. The Morgan fingerprint density at radius 2 is 1.55 bits per heavy atom. The summed E-state index contributed by atoms with van der Waals surface area (Å²) in [7, 11) is 0. The van der Waals surface area contributed by atoms with Crippen molar-refractivity contribution in [1.29, 1.82) is 0 Å². The zero-order valence-corrected chi connectivity index (χ0v) is 18.2. The van der Waals surface area contributed by atoms with Crippen molar-refractivity contribution in [3.8, 4) is 5.75 Å². The predicted molar refractivity (Wildman–Crippen MR) is 123 cm³/mol. The molecule has 0 atom stereocenters. The maximum absolute atomic E-state index is 12.8. The average Bonchev–Trinajstić information content (AvgIpc) is 3.17. The van der Waals surface area contributed by atoms with Gasteiger partial charge in [-0.15, -0.1) is 0 Å². The second-order valence-corrected chi connectivity index (χ2v) is 7.86. The number of hydrogen-bond acceptors (Lipinski definition) is 4. The fourth-order valence-corrected chi connectivity index (χ4v) is 4.53. The SMILES string of the molecule is CCOc1cccc2sc(=NC(=O)c3ccc(C(=O)c4ccccc4)cc3)n(CC)c12. The summed E-state index contributed by atoms with van der Waals surface area (Å²) in [5.41, 5.74) is 2.54. The van der Waals surface area contributed by atoms with Crippen molar-refractivity contribution in [2.24, 2.45) is 4.99 Å². The molecule has 0 aliphatic rings. The summed E-state index contributed by atoms with van der Waals surface area (Å²) >= 11 is 1.46.